The molecule has 8 heteroatoms. The smallest absolute Gasteiger partial charge is 0.323 e. The summed E-state index contributed by atoms with van der Waals surface area (Å²) in [7, 11) is 1.61. The van der Waals surface area contributed by atoms with Crippen molar-refractivity contribution in [1.29, 1.82) is 0 Å². The molecule has 1 aromatic carbocycles. The van der Waals surface area contributed by atoms with Crippen LogP contribution < -0.4 is 4.74 Å². The van der Waals surface area contributed by atoms with Gasteiger partial charge in [-0.2, -0.15) is 0 Å². The number of hydrogen-bond acceptors (Lipinski definition) is 5. The van der Waals surface area contributed by atoms with Crippen molar-refractivity contribution < 1.29 is 24.2 Å². The molecule has 148 valence electrons. The monoisotopic (exact) mass is 394 g/mol. The van der Waals surface area contributed by atoms with Crippen LogP contribution in [-0.4, -0.2) is 71.2 Å². The number of carbonyl (C=O) groups is 3. The number of methoxy groups -OCH3 is 1. The number of benzene rings is 1. The predicted octanol–water partition coefficient (Wildman–Crippen LogP) is 2.10. The van der Waals surface area contributed by atoms with Gasteiger partial charge in [-0.15, -0.1) is 11.8 Å². The van der Waals surface area contributed by atoms with Gasteiger partial charge in [0.25, 0.3) is 0 Å². The van der Waals surface area contributed by atoms with Gasteiger partial charge in [0.1, 0.15) is 12.3 Å². The number of likely N-dealkylation sites (tertiary alicyclic amines) is 1. The molecule has 1 heterocycles. The Kier molecular flexibility index (Phi) is 7.97. The van der Waals surface area contributed by atoms with Crippen molar-refractivity contribution in [2.45, 2.75) is 37.1 Å². The van der Waals surface area contributed by atoms with Gasteiger partial charge in [-0.1, -0.05) is 6.07 Å². The van der Waals surface area contributed by atoms with Crippen LogP contribution in [0.4, 0.5) is 0 Å². The molecule has 0 bridgehead atoms. The van der Waals surface area contributed by atoms with Crippen LogP contribution in [-0.2, 0) is 14.4 Å². The number of carboxylic acid groups (broad SMARTS) is 1. The maximum atomic E-state index is 12.6. The summed E-state index contributed by atoms with van der Waals surface area (Å²) < 4.78 is 5.19. The Labute approximate surface area is 163 Å². The molecule has 1 aliphatic heterocycles. The minimum Gasteiger partial charge on any atom is -0.497 e. The van der Waals surface area contributed by atoms with Crippen molar-refractivity contribution >= 4 is 29.5 Å². The number of hydrogen-bond donors (Lipinski definition) is 1. The number of ether oxygens (including phenoxy) is 1. The lowest BCUT2D eigenvalue weighted by atomic mass is 10.1. The first-order chi connectivity index (χ1) is 12.9. The van der Waals surface area contributed by atoms with Gasteiger partial charge in [-0.3, -0.25) is 14.4 Å². The Bertz CT molecular complexity index is 682. The zero-order valence-corrected chi connectivity index (χ0v) is 16.5. The zero-order valence-electron chi connectivity index (χ0n) is 15.7. The van der Waals surface area contributed by atoms with E-state index in [2.05, 4.69) is 0 Å². The van der Waals surface area contributed by atoms with Gasteiger partial charge in [0.05, 0.1) is 12.9 Å². The summed E-state index contributed by atoms with van der Waals surface area (Å²) in [5, 5.41) is 9.02. The van der Waals surface area contributed by atoms with Gasteiger partial charge in [-0.05, 0) is 37.5 Å². The van der Waals surface area contributed by atoms with Crippen LogP contribution in [0.2, 0.25) is 0 Å². The van der Waals surface area contributed by atoms with E-state index < -0.39 is 5.97 Å². The van der Waals surface area contributed by atoms with Crippen LogP contribution in [0, 0.1) is 0 Å². The molecule has 2 amide bonds. The SMILES string of the molecule is COc1cccc(SCC(=O)N2CCCC(N(CC(=O)O)C(C)=O)CC2)c1. The van der Waals surface area contributed by atoms with Crippen LogP contribution in [0.3, 0.4) is 0 Å². The number of carbonyl (C=O) groups excluding carboxylic acids is 2. The van der Waals surface area contributed by atoms with Crippen molar-refractivity contribution in [3.63, 3.8) is 0 Å². The van der Waals surface area contributed by atoms with Gasteiger partial charge in [0.15, 0.2) is 0 Å². The molecule has 1 atom stereocenters. The van der Waals surface area contributed by atoms with Gasteiger partial charge in [0.2, 0.25) is 11.8 Å². The maximum Gasteiger partial charge on any atom is 0.323 e. The highest BCUT2D eigenvalue weighted by atomic mass is 32.2. The van der Waals surface area contributed by atoms with E-state index in [0.29, 0.717) is 31.7 Å². The van der Waals surface area contributed by atoms with E-state index in [1.54, 1.807) is 7.11 Å². The second kappa shape index (κ2) is 10.2. The quantitative estimate of drug-likeness (QED) is 0.713. The number of amides is 2. The van der Waals surface area contributed by atoms with E-state index in [9.17, 15) is 14.4 Å². The first-order valence-corrected chi connectivity index (χ1v) is 9.93. The van der Waals surface area contributed by atoms with Crippen LogP contribution in [0.15, 0.2) is 29.2 Å². The summed E-state index contributed by atoms with van der Waals surface area (Å²) in [6.07, 6.45) is 2.06. The molecule has 2 rings (SSSR count). The third-order valence-corrected chi connectivity index (χ3v) is 5.58. The van der Waals surface area contributed by atoms with Gasteiger partial charge >= 0.3 is 5.97 Å². The fourth-order valence-corrected chi connectivity index (χ4v) is 4.06. The molecule has 1 saturated heterocycles. The third kappa shape index (κ3) is 6.46. The summed E-state index contributed by atoms with van der Waals surface area (Å²) in [6, 6.07) is 7.45. The number of carboxylic acids is 1. The minimum atomic E-state index is -1.02. The molecule has 1 aromatic rings. The minimum absolute atomic E-state index is 0.0519. The molecule has 0 aliphatic carbocycles. The number of thioether (sulfide) groups is 1. The third-order valence-electron chi connectivity index (χ3n) is 4.60. The lowest BCUT2D eigenvalue weighted by Crippen LogP contribution is -2.43. The maximum absolute atomic E-state index is 12.6. The van der Waals surface area contributed by atoms with Crippen LogP contribution in [0.25, 0.3) is 0 Å². The van der Waals surface area contributed by atoms with Crippen molar-refractivity contribution in [3.05, 3.63) is 24.3 Å². The normalized spacial score (nSPS) is 17.1. The van der Waals surface area contributed by atoms with Crippen molar-refractivity contribution in [1.82, 2.24) is 9.80 Å². The molecule has 0 aromatic heterocycles. The summed E-state index contributed by atoms with van der Waals surface area (Å²) in [5.74, 6) is -0.111. The summed E-state index contributed by atoms with van der Waals surface area (Å²) in [4.78, 5) is 39.6. The lowest BCUT2D eigenvalue weighted by Gasteiger charge is -2.28. The molecule has 0 radical (unpaired) electrons. The molecule has 0 spiro atoms. The highest BCUT2D eigenvalue weighted by molar-refractivity contribution is 8.00. The average Bonchev–Trinajstić information content (AvgIpc) is 2.90. The molecule has 1 aliphatic rings. The Balaban J connectivity index is 1.89. The Morgan fingerprint density at radius 1 is 1.30 bits per heavy atom. The Morgan fingerprint density at radius 3 is 2.74 bits per heavy atom. The average molecular weight is 394 g/mol. The number of aliphatic carboxylic acids is 1. The number of rotatable bonds is 7. The molecule has 0 saturated carbocycles. The van der Waals surface area contributed by atoms with Crippen molar-refractivity contribution in [2.24, 2.45) is 0 Å². The van der Waals surface area contributed by atoms with E-state index in [0.717, 1.165) is 17.1 Å². The number of nitrogens with zero attached hydrogens (tertiary/aromatic N) is 2. The van der Waals surface area contributed by atoms with Gasteiger partial charge < -0.3 is 19.6 Å². The van der Waals surface area contributed by atoms with Gasteiger partial charge in [-0.25, -0.2) is 0 Å². The molecular formula is C19H26N2O5S. The molecule has 1 unspecified atom stereocenters. The van der Waals surface area contributed by atoms with Crippen molar-refractivity contribution in [3.8, 4) is 5.75 Å². The fourth-order valence-electron chi connectivity index (χ4n) is 3.21. The largest absolute Gasteiger partial charge is 0.497 e. The fraction of sp³-hybridized carbons (Fsp3) is 0.526. The molecule has 7 nitrogen and oxygen atoms in total. The Hall–Kier alpha value is -2.22. The van der Waals surface area contributed by atoms with Gasteiger partial charge in [0, 0.05) is 31.0 Å². The molecule has 1 N–H and O–H groups in total. The van der Waals surface area contributed by atoms with Crippen LogP contribution >= 0.6 is 11.8 Å². The summed E-state index contributed by atoms with van der Waals surface area (Å²) >= 11 is 1.47. The first kappa shape index (κ1) is 21.1. The highest BCUT2D eigenvalue weighted by Gasteiger charge is 2.27. The lowest BCUT2D eigenvalue weighted by molar-refractivity contribution is -0.145. The van der Waals surface area contributed by atoms with E-state index >= 15 is 0 Å². The second-order valence-electron chi connectivity index (χ2n) is 6.47. The summed E-state index contributed by atoms with van der Waals surface area (Å²) in [6.45, 7) is 2.26. The standard InChI is InChI=1S/C19H26N2O5S/c1-14(22)21(12-19(24)25)15-5-4-9-20(10-8-15)18(23)13-27-17-7-3-6-16(11-17)26-2/h3,6-7,11,15H,4-5,8-10,12-13H2,1-2H3,(H,24,25). The highest BCUT2D eigenvalue weighted by Crippen LogP contribution is 2.24. The first-order valence-electron chi connectivity index (χ1n) is 8.94. The molecular weight excluding hydrogens is 368 g/mol. The van der Waals surface area contributed by atoms with Crippen molar-refractivity contribution in [2.75, 3.05) is 32.5 Å². The van der Waals surface area contributed by atoms with Crippen LogP contribution in [0.5, 0.6) is 5.75 Å². The summed E-state index contributed by atoms with van der Waals surface area (Å²) in [5.41, 5.74) is 0. The zero-order chi connectivity index (χ0) is 19.8. The van der Waals surface area contributed by atoms with E-state index in [1.165, 1.54) is 23.6 Å². The van der Waals surface area contributed by atoms with E-state index in [-0.39, 0.29) is 24.4 Å². The molecule has 27 heavy (non-hydrogen) atoms. The van der Waals surface area contributed by atoms with E-state index in [4.69, 9.17) is 9.84 Å². The Morgan fingerprint density at radius 2 is 2.07 bits per heavy atom. The predicted molar refractivity (Wildman–Crippen MR) is 103 cm³/mol. The molecule has 1 fully saturated rings. The van der Waals surface area contributed by atoms with Crippen LogP contribution in [0.1, 0.15) is 26.2 Å². The van der Waals surface area contributed by atoms with E-state index in [1.807, 2.05) is 29.2 Å². The second-order valence-corrected chi connectivity index (χ2v) is 7.52. The topological polar surface area (TPSA) is 87.2 Å².